The van der Waals surface area contributed by atoms with Gasteiger partial charge in [0.2, 0.25) is 6.79 Å². The Morgan fingerprint density at radius 2 is 2.14 bits per heavy atom. The fourth-order valence-corrected chi connectivity index (χ4v) is 2.83. The summed E-state index contributed by atoms with van der Waals surface area (Å²) in [6, 6.07) is 8.21. The van der Waals surface area contributed by atoms with Crippen molar-refractivity contribution in [2.45, 2.75) is 12.5 Å². The lowest BCUT2D eigenvalue weighted by Gasteiger charge is -2.39. The summed E-state index contributed by atoms with van der Waals surface area (Å²) in [7, 11) is 0. The predicted octanol–water partition coefficient (Wildman–Crippen LogP) is 1.94. The fourth-order valence-electron chi connectivity index (χ4n) is 2.83. The molecule has 0 radical (unpaired) electrons. The Labute approximate surface area is 129 Å². The van der Waals surface area contributed by atoms with Gasteiger partial charge in [0.1, 0.15) is 5.75 Å². The van der Waals surface area contributed by atoms with Crippen LogP contribution in [0.2, 0.25) is 0 Å². The average molecular weight is 301 g/mol. The Kier molecular flexibility index (Phi) is 3.60. The Balaban J connectivity index is 1.16. The molecule has 6 nitrogen and oxygen atoms in total. The molecule has 3 heterocycles. The topological polar surface area (TPSA) is 48.8 Å². The van der Waals surface area contributed by atoms with Crippen LogP contribution in [0.1, 0.15) is 12.5 Å². The zero-order chi connectivity index (χ0) is 14.8. The standard InChI is InChI=1S/C16H19N3O3/c1-5-17-19(7-1)13-10-18(11-13)6-2-8-20-14-3-4-15-16(9-14)22-12-21-15/h1,3-5,7,9,13H,2,6,8,10-12H2. The van der Waals surface area contributed by atoms with Crippen molar-refractivity contribution in [3.05, 3.63) is 36.7 Å². The second kappa shape index (κ2) is 5.88. The Hall–Kier alpha value is -2.21. The van der Waals surface area contributed by atoms with E-state index in [9.17, 15) is 0 Å². The van der Waals surface area contributed by atoms with Gasteiger partial charge in [-0.1, -0.05) is 0 Å². The molecule has 1 aromatic heterocycles. The van der Waals surface area contributed by atoms with Gasteiger partial charge in [-0.2, -0.15) is 5.10 Å². The van der Waals surface area contributed by atoms with E-state index in [-0.39, 0.29) is 0 Å². The van der Waals surface area contributed by atoms with Crippen LogP contribution in [-0.2, 0) is 0 Å². The second-order valence-corrected chi connectivity index (χ2v) is 5.62. The van der Waals surface area contributed by atoms with Crippen LogP contribution < -0.4 is 14.2 Å². The summed E-state index contributed by atoms with van der Waals surface area (Å²) in [5.74, 6) is 2.39. The molecule has 0 aliphatic carbocycles. The van der Waals surface area contributed by atoms with Crippen molar-refractivity contribution in [1.82, 2.24) is 14.7 Å². The van der Waals surface area contributed by atoms with Gasteiger partial charge in [-0.25, -0.2) is 0 Å². The van der Waals surface area contributed by atoms with E-state index in [4.69, 9.17) is 14.2 Å². The SMILES string of the molecule is c1cnn(C2CN(CCCOc3ccc4c(c3)OCO4)C2)c1. The number of rotatable bonds is 6. The van der Waals surface area contributed by atoms with Crippen LogP contribution in [0.25, 0.3) is 0 Å². The number of likely N-dealkylation sites (tertiary alicyclic amines) is 1. The van der Waals surface area contributed by atoms with E-state index < -0.39 is 0 Å². The minimum atomic E-state index is 0.297. The van der Waals surface area contributed by atoms with E-state index in [1.807, 2.05) is 41.3 Å². The van der Waals surface area contributed by atoms with Crippen molar-refractivity contribution in [2.24, 2.45) is 0 Å². The lowest BCUT2D eigenvalue weighted by atomic mass is 10.1. The summed E-state index contributed by atoms with van der Waals surface area (Å²) in [6.45, 7) is 4.22. The average Bonchev–Trinajstić information content (AvgIpc) is 3.15. The van der Waals surface area contributed by atoms with Crippen LogP contribution in [0.3, 0.4) is 0 Å². The van der Waals surface area contributed by atoms with E-state index >= 15 is 0 Å². The van der Waals surface area contributed by atoms with Gasteiger partial charge in [0.05, 0.1) is 12.6 Å². The third kappa shape index (κ3) is 2.74. The first-order chi connectivity index (χ1) is 10.9. The largest absolute Gasteiger partial charge is 0.493 e. The minimum Gasteiger partial charge on any atom is -0.493 e. The van der Waals surface area contributed by atoms with Gasteiger partial charge in [0.25, 0.3) is 0 Å². The molecule has 4 rings (SSSR count). The van der Waals surface area contributed by atoms with Crippen LogP contribution in [-0.4, -0.2) is 47.7 Å². The van der Waals surface area contributed by atoms with Gasteiger partial charge in [0, 0.05) is 38.1 Å². The third-order valence-corrected chi connectivity index (χ3v) is 4.07. The Bertz CT molecular complexity index is 624. The summed E-state index contributed by atoms with van der Waals surface area (Å²) < 4.78 is 18.4. The van der Waals surface area contributed by atoms with Crippen molar-refractivity contribution in [3.63, 3.8) is 0 Å². The monoisotopic (exact) mass is 301 g/mol. The Morgan fingerprint density at radius 1 is 1.23 bits per heavy atom. The summed E-state index contributed by atoms with van der Waals surface area (Å²) >= 11 is 0. The Morgan fingerprint density at radius 3 is 3.00 bits per heavy atom. The molecule has 1 aromatic carbocycles. The number of hydrogen-bond donors (Lipinski definition) is 0. The summed E-state index contributed by atoms with van der Waals surface area (Å²) in [6.07, 6.45) is 4.88. The number of fused-ring (bicyclic) bond motifs is 1. The molecule has 6 heteroatoms. The number of aromatic nitrogens is 2. The van der Waals surface area contributed by atoms with Gasteiger partial charge in [-0.05, 0) is 24.6 Å². The first kappa shape index (κ1) is 13.5. The van der Waals surface area contributed by atoms with Gasteiger partial charge in [0.15, 0.2) is 11.5 Å². The molecule has 0 unspecified atom stereocenters. The van der Waals surface area contributed by atoms with Crippen molar-refractivity contribution >= 4 is 0 Å². The first-order valence-electron chi connectivity index (χ1n) is 7.62. The molecule has 1 fully saturated rings. The van der Waals surface area contributed by atoms with E-state index in [1.54, 1.807) is 0 Å². The quantitative estimate of drug-likeness (QED) is 0.763. The minimum absolute atomic E-state index is 0.297. The molecule has 0 spiro atoms. The van der Waals surface area contributed by atoms with Crippen molar-refractivity contribution in [3.8, 4) is 17.2 Å². The van der Waals surface area contributed by atoms with Crippen molar-refractivity contribution in [1.29, 1.82) is 0 Å². The van der Waals surface area contributed by atoms with Crippen molar-refractivity contribution < 1.29 is 14.2 Å². The molecule has 22 heavy (non-hydrogen) atoms. The molecular weight excluding hydrogens is 282 g/mol. The summed E-state index contributed by atoms with van der Waals surface area (Å²) in [5.41, 5.74) is 0. The van der Waals surface area contributed by atoms with Gasteiger partial charge in [-0.3, -0.25) is 9.58 Å². The highest BCUT2D eigenvalue weighted by Crippen LogP contribution is 2.35. The molecule has 0 amide bonds. The number of benzene rings is 1. The zero-order valence-electron chi connectivity index (χ0n) is 12.4. The molecule has 2 aromatic rings. The van der Waals surface area contributed by atoms with Gasteiger partial charge >= 0.3 is 0 Å². The lowest BCUT2D eigenvalue weighted by molar-refractivity contribution is 0.0918. The molecule has 0 bridgehead atoms. The van der Waals surface area contributed by atoms with Crippen molar-refractivity contribution in [2.75, 3.05) is 33.0 Å². The van der Waals surface area contributed by atoms with Gasteiger partial charge in [-0.15, -0.1) is 0 Å². The lowest BCUT2D eigenvalue weighted by Crippen LogP contribution is -2.48. The van der Waals surface area contributed by atoms with E-state index in [0.29, 0.717) is 19.4 Å². The molecular formula is C16H19N3O3. The van der Waals surface area contributed by atoms with Crippen LogP contribution in [0.15, 0.2) is 36.7 Å². The number of ether oxygens (including phenoxy) is 3. The smallest absolute Gasteiger partial charge is 0.231 e. The molecule has 0 N–H and O–H groups in total. The first-order valence-corrected chi connectivity index (χ1v) is 7.62. The molecule has 2 aliphatic heterocycles. The maximum Gasteiger partial charge on any atom is 0.231 e. The van der Waals surface area contributed by atoms with E-state index in [0.717, 1.165) is 43.3 Å². The molecule has 116 valence electrons. The summed E-state index contributed by atoms with van der Waals surface area (Å²) in [4.78, 5) is 2.43. The highest BCUT2D eigenvalue weighted by atomic mass is 16.7. The molecule has 0 atom stereocenters. The maximum absolute atomic E-state index is 5.77. The molecule has 2 aliphatic rings. The third-order valence-electron chi connectivity index (χ3n) is 4.07. The zero-order valence-corrected chi connectivity index (χ0v) is 12.4. The van der Waals surface area contributed by atoms with E-state index in [2.05, 4.69) is 10.00 Å². The van der Waals surface area contributed by atoms with Crippen LogP contribution in [0.4, 0.5) is 0 Å². The van der Waals surface area contributed by atoms with Crippen LogP contribution >= 0.6 is 0 Å². The van der Waals surface area contributed by atoms with Gasteiger partial charge < -0.3 is 14.2 Å². The van der Waals surface area contributed by atoms with Crippen LogP contribution in [0, 0.1) is 0 Å². The molecule has 1 saturated heterocycles. The summed E-state index contributed by atoms with van der Waals surface area (Å²) in [5, 5.41) is 4.28. The fraction of sp³-hybridized carbons (Fsp3) is 0.438. The number of nitrogens with zero attached hydrogens (tertiary/aromatic N) is 3. The second-order valence-electron chi connectivity index (χ2n) is 5.62. The molecule has 0 saturated carbocycles. The predicted molar refractivity (Wildman–Crippen MR) is 80.4 cm³/mol. The maximum atomic E-state index is 5.77. The van der Waals surface area contributed by atoms with Crippen LogP contribution in [0.5, 0.6) is 17.2 Å². The van der Waals surface area contributed by atoms with E-state index in [1.165, 1.54) is 0 Å². The number of hydrogen-bond acceptors (Lipinski definition) is 5. The highest BCUT2D eigenvalue weighted by Gasteiger charge is 2.27. The normalized spacial score (nSPS) is 17.5. The highest BCUT2D eigenvalue weighted by molar-refractivity contribution is 5.46.